The zero-order chi connectivity index (χ0) is 22.0. The Kier molecular flexibility index (Phi) is 5.68. The zero-order valence-electron chi connectivity index (χ0n) is 16.6. The highest BCUT2D eigenvalue weighted by molar-refractivity contribution is 5.92. The van der Waals surface area contributed by atoms with Crippen LogP contribution in [0.2, 0.25) is 0 Å². The Labute approximate surface area is 175 Å². The van der Waals surface area contributed by atoms with Gasteiger partial charge in [0.15, 0.2) is 0 Å². The molecule has 0 aliphatic carbocycles. The summed E-state index contributed by atoms with van der Waals surface area (Å²) in [6, 6.07) is 6.38. The lowest BCUT2D eigenvalue weighted by Gasteiger charge is -2.28. The lowest BCUT2D eigenvalue weighted by atomic mass is 9.96. The van der Waals surface area contributed by atoms with E-state index in [0.717, 1.165) is 25.9 Å². The standard InChI is InChI=1S/C20H19F3N6O2/c1-29-8-5-12(6-9-29)18(30)26-14-2-3-15(25-11-14)16-10-13(4-7-24-16)17-27-19(31-28-17)20(21,22)23/h2-4,7,10-12H,5-6,8-9H2,1H3,(H,26,30). The minimum Gasteiger partial charge on any atom is -0.329 e. The zero-order valence-corrected chi connectivity index (χ0v) is 16.6. The Morgan fingerprint density at radius 2 is 1.94 bits per heavy atom. The third-order valence-corrected chi connectivity index (χ3v) is 5.07. The van der Waals surface area contributed by atoms with Gasteiger partial charge in [-0.05, 0) is 57.2 Å². The fourth-order valence-corrected chi connectivity index (χ4v) is 3.30. The maximum atomic E-state index is 12.7. The summed E-state index contributed by atoms with van der Waals surface area (Å²) < 4.78 is 42.3. The van der Waals surface area contributed by atoms with Gasteiger partial charge in [0, 0.05) is 17.7 Å². The van der Waals surface area contributed by atoms with Crippen LogP contribution in [0.1, 0.15) is 18.7 Å². The van der Waals surface area contributed by atoms with Crippen LogP contribution in [-0.4, -0.2) is 51.1 Å². The Hall–Kier alpha value is -3.34. The predicted molar refractivity (Wildman–Crippen MR) is 105 cm³/mol. The second-order valence-electron chi connectivity index (χ2n) is 7.35. The quantitative estimate of drug-likeness (QED) is 0.674. The van der Waals surface area contributed by atoms with E-state index in [1.807, 2.05) is 7.05 Å². The number of rotatable bonds is 4. The van der Waals surface area contributed by atoms with Crippen molar-refractivity contribution < 1.29 is 22.5 Å². The second kappa shape index (κ2) is 8.42. The average molecular weight is 432 g/mol. The van der Waals surface area contributed by atoms with Gasteiger partial charge in [0.2, 0.25) is 11.7 Å². The van der Waals surface area contributed by atoms with Gasteiger partial charge in [0.25, 0.3) is 0 Å². The van der Waals surface area contributed by atoms with Crippen molar-refractivity contribution in [3.05, 3.63) is 42.5 Å². The number of halogens is 3. The normalized spacial score (nSPS) is 15.7. The highest BCUT2D eigenvalue weighted by Gasteiger charge is 2.38. The largest absolute Gasteiger partial charge is 0.471 e. The number of nitrogens with one attached hydrogen (secondary N) is 1. The smallest absolute Gasteiger partial charge is 0.329 e. The van der Waals surface area contributed by atoms with Crippen molar-refractivity contribution >= 4 is 11.6 Å². The first-order valence-electron chi connectivity index (χ1n) is 9.63. The molecule has 31 heavy (non-hydrogen) atoms. The van der Waals surface area contributed by atoms with Gasteiger partial charge in [-0.1, -0.05) is 5.16 Å². The molecule has 3 aromatic heterocycles. The Morgan fingerprint density at radius 1 is 1.16 bits per heavy atom. The van der Waals surface area contributed by atoms with Crippen molar-refractivity contribution in [1.82, 2.24) is 25.0 Å². The van der Waals surface area contributed by atoms with Gasteiger partial charge in [-0.25, -0.2) is 0 Å². The van der Waals surface area contributed by atoms with Crippen LogP contribution in [0.15, 0.2) is 41.2 Å². The van der Waals surface area contributed by atoms with Gasteiger partial charge in [0.05, 0.1) is 23.3 Å². The lowest BCUT2D eigenvalue weighted by molar-refractivity contribution is -0.159. The number of pyridine rings is 2. The van der Waals surface area contributed by atoms with Crippen LogP contribution in [0.5, 0.6) is 0 Å². The fourth-order valence-electron chi connectivity index (χ4n) is 3.30. The third kappa shape index (κ3) is 4.88. The van der Waals surface area contributed by atoms with E-state index >= 15 is 0 Å². The highest BCUT2D eigenvalue weighted by Crippen LogP contribution is 2.30. The molecular weight excluding hydrogens is 413 g/mol. The summed E-state index contributed by atoms with van der Waals surface area (Å²) in [5.41, 5.74) is 1.78. The van der Waals surface area contributed by atoms with E-state index in [1.54, 1.807) is 12.1 Å². The summed E-state index contributed by atoms with van der Waals surface area (Å²) in [6.45, 7) is 1.78. The molecule has 0 radical (unpaired) electrons. The number of nitrogens with zero attached hydrogens (tertiary/aromatic N) is 5. The number of hydrogen-bond acceptors (Lipinski definition) is 7. The molecule has 4 rings (SSSR count). The molecule has 4 heterocycles. The maximum absolute atomic E-state index is 12.7. The number of carbonyl (C=O) groups excluding carboxylic acids is 1. The van der Waals surface area contributed by atoms with Crippen molar-refractivity contribution in [1.29, 1.82) is 0 Å². The molecule has 0 aromatic carbocycles. The van der Waals surface area contributed by atoms with E-state index in [9.17, 15) is 18.0 Å². The van der Waals surface area contributed by atoms with Gasteiger partial charge in [-0.15, -0.1) is 0 Å². The van der Waals surface area contributed by atoms with Crippen LogP contribution >= 0.6 is 0 Å². The van der Waals surface area contributed by atoms with Crippen molar-refractivity contribution in [3.63, 3.8) is 0 Å². The number of likely N-dealkylation sites (tertiary alicyclic amines) is 1. The van der Waals surface area contributed by atoms with Crippen molar-refractivity contribution in [3.8, 4) is 22.8 Å². The van der Waals surface area contributed by atoms with E-state index < -0.39 is 12.1 Å². The van der Waals surface area contributed by atoms with Gasteiger partial charge >= 0.3 is 12.1 Å². The molecule has 8 nitrogen and oxygen atoms in total. The molecular formula is C20H19F3N6O2. The van der Waals surface area contributed by atoms with E-state index in [4.69, 9.17) is 0 Å². The van der Waals surface area contributed by atoms with Crippen LogP contribution in [-0.2, 0) is 11.0 Å². The van der Waals surface area contributed by atoms with Crippen LogP contribution in [0.3, 0.4) is 0 Å². The van der Waals surface area contributed by atoms with Crippen LogP contribution in [0, 0.1) is 5.92 Å². The van der Waals surface area contributed by atoms with Gasteiger partial charge in [-0.2, -0.15) is 18.2 Å². The number of piperidine rings is 1. The Balaban J connectivity index is 1.46. The first-order chi connectivity index (χ1) is 14.8. The van der Waals surface area contributed by atoms with Gasteiger partial charge in [-0.3, -0.25) is 14.8 Å². The van der Waals surface area contributed by atoms with E-state index in [0.29, 0.717) is 22.6 Å². The molecule has 0 spiro atoms. The van der Waals surface area contributed by atoms with Crippen LogP contribution in [0.25, 0.3) is 22.8 Å². The number of hydrogen-bond donors (Lipinski definition) is 1. The van der Waals surface area contributed by atoms with Crippen molar-refractivity contribution in [2.75, 3.05) is 25.5 Å². The first-order valence-corrected chi connectivity index (χ1v) is 9.63. The fraction of sp³-hybridized carbons (Fsp3) is 0.350. The first kappa shape index (κ1) is 20.9. The van der Waals surface area contributed by atoms with E-state index in [-0.39, 0.29) is 17.6 Å². The third-order valence-electron chi connectivity index (χ3n) is 5.07. The second-order valence-corrected chi connectivity index (χ2v) is 7.35. The Morgan fingerprint density at radius 3 is 2.58 bits per heavy atom. The molecule has 1 saturated heterocycles. The average Bonchev–Trinajstić information content (AvgIpc) is 3.26. The molecule has 1 amide bonds. The predicted octanol–water partition coefficient (Wildman–Crippen LogP) is 3.49. The number of anilines is 1. The molecule has 1 N–H and O–H groups in total. The number of amides is 1. The highest BCUT2D eigenvalue weighted by atomic mass is 19.4. The van der Waals surface area contributed by atoms with Gasteiger partial charge < -0.3 is 14.7 Å². The van der Waals surface area contributed by atoms with Crippen molar-refractivity contribution in [2.24, 2.45) is 5.92 Å². The summed E-state index contributed by atoms with van der Waals surface area (Å²) in [7, 11) is 2.04. The van der Waals surface area contributed by atoms with E-state index in [1.165, 1.54) is 24.5 Å². The van der Waals surface area contributed by atoms with Crippen molar-refractivity contribution in [2.45, 2.75) is 19.0 Å². The number of alkyl halides is 3. The molecule has 0 bridgehead atoms. The summed E-state index contributed by atoms with van der Waals surface area (Å²) in [6.07, 6.45) is -0.137. The monoisotopic (exact) mass is 432 g/mol. The summed E-state index contributed by atoms with van der Waals surface area (Å²) >= 11 is 0. The summed E-state index contributed by atoms with van der Waals surface area (Å²) in [5.74, 6) is -1.66. The molecule has 3 aromatic rings. The molecule has 0 saturated carbocycles. The lowest BCUT2D eigenvalue weighted by Crippen LogP contribution is -2.35. The molecule has 1 aliphatic heterocycles. The molecule has 11 heteroatoms. The van der Waals surface area contributed by atoms with Gasteiger partial charge in [0.1, 0.15) is 0 Å². The topological polar surface area (TPSA) is 97.0 Å². The molecule has 1 aliphatic rings. The van der Waals surface area contributed by atoms with E-state index in [2.05, 4.69) is 34.8 Å². The minimum absolute atomic E-state index is 0.0224. The van der Waals surface area contributed by atoms with Crippen LogP contribution < -0.4 is 5.32 Å². The molecule has 0 unspecified atom stereocenters. The summed E-state index contributed by atoms with van der Waals surface area (Å²) in [5, 5.41) is 6.26. The molecule has 162 valence electrons. The Bertz CT molecular complexity index is 1060. The SMILES string of the molecule is CN1CCC(C(=O)Nc2ccc(-c3cc(-c4noc(C(F)(F)F)n4)ccn3)nc2)CC1. The molecule has 1 fully saturated rings. The maximum Gasteiger partial charge on any atom is 0.471 e. The minimum atomic E-state index is -4.71. The van der Waals surface area contributed by atoms with Crippen LogP contribution in [0.4, 0.5) is 18.9 Å². The number of aromatic nitrogens is 4. The summed E-state index contributed by atoms with van der Waals surface area (Å²) in [4.78, 5) is 26.5. The number of carbonyl (C=O) groups is 1. The molecule has 0 atom stereocenters.